The Morgan fingerprint density at radius 2 is 2.17 bits per heavy atom. The number of aromatic nitrogens is 1. The fourth-order valence-electron chi connectivity index (χ4n) is 3.84. The molecule has 2 bridgehead atoms. The standard InChI is InChI=1S/C16H22N2/c1-15(2)12-7-8-16(15,3)14(10-12)18-11-13-6-4-5-9-17-13/h4-6,9,12H,7-8,10-11H2,1-3H3. The van der Waals surface area contributed by atoms with E-state index in [9.17, 15) is 0 Å². The molecule has 2 saturated carbocycles. The highest BCUT2D eigenvalue weighted by atomic mass is 14.8. The lowest BCUT2D eigenvalue weighted by Gasteiger charge is -2.34. The highest BCUT2D eigenvalue weighted by Gasteiger charge is 2.59. The van der Waals surface area contributed by atoms with Crippen LogP contribution in [0.3, 0.4) is 0 Å². The Morgan fingerprint density at radius 3 is 2.72 bits per heavy atom. The summed E-state index contributed by atoms with van der Waals surface area (Å²) >= 11 is 0. The van der Waals surface area contributed by atoms with E-state index in [0.717, 1.165) is 18.2 Å². The van der Waals surface area contributed by atoms with Crippen LogP contribution in [-0.2, 0) is 6.54 Å². The van der Waals surface area contributed by atoms with Gasteiger partial charge in [-0.3, -0.25) is 9.98 Å². The summed E-state index contributed by atoms with van der Waals surface area (Å²) in [5.74, 6) is 0.838. The van der Waals surface area contributed by atoms with Crippen molar-refractivity contribution < 1.29 is 0 Å². The van der Waals surface area contributed by atoms with Gasteiger partial charge in [0.1, 0.15) is 0 Å². The Morgan fingerprint density at radius 1 is 1.33 bits per heavy atom. The van der Waals surface area contributed by atoms with Crippen molar-refractivity contribution in [1.29, 1.82) is 0 Å². The van der Waals surface area contributed by atoms with Gasteiger partial charge >= 0.3 is 0 Å². The molecule has 2 fully saturated rings. The van der Waals surface area contributed by atoms with Crippen molar-refractivity contribution in [3.8, 4) is 0 Å². The second-order valence-electron chi connectivity index (χ2n) is 6.58. The Labute approximate surface area is 110 Å². The predicted molar refractivity (Wildman–Crippen MR) is 74.6 cm³/mol. The van der Waals surface area contributed by atoms with Crippen molar-refractivity contribution in [3.05, 3.63) is 30.1 Å². The monoisotopic (exact) mass is 242 g/mol. The molecule has 0 N–H and O–H groups in total. The quantitative estimate of drug-likeness (QED) is 0.773. The van der Waals surface area contributed by atoms with E-state index in [-0.39, 0.29) is 0 Å². The van der Waals surface area contributed by atoms with Crippen LogP contribution in [0.15, 0.2) is 29.4 Å². The van der Waals surface area contributed by atoms with Crippen LogP contribution < -0.4 is 0 Å². The Kier molecular flexibility index (Phi) is 2.58. The number of aliphatic imine (C=N–C) groups is 1. The van der Waals surface area contributed by atoms with Gasteiger partial charge in [-0.05, 0) is 42.7 Å². The number of hydrogen-bond acceptors (Lipinski definition) is 2. The van der Waals surface area contributed by atoms with E-state index in [1.54, 1.807) is 0 Å². The van der Waals surface area contributed by atoms with Crippen LogP contribution in [-0.4, -0.2) is 10.7 Å². The molecule has 0 amide bonds. The molecule has 0 saturated heterocycles. The minimum atomic E-state index is 0.326. The summed E-state index contributed by atoms with van der Waals surface area (Å²) in [5, 5.41) is 0. The van der Waals surface area contributed by atoms with Gasteiger partial charge < -0.3 is 0 Å². The minimum absolute atomic E-state index is 0.326. The molecule has 96 valence electrons. The van der Waals surface area contributed by atoms with Gasteiger partial charge in [-0.2, -0.15) is 0 Å². The lowest BCUT2D eigenvalue weighted by molar-refractivity contribution is 0.193. The van der Waals surface area contributed by atoms with Gasteiger partial charge in [0, 0.05) is 17.3 Å². The summed E-state index contributed by atoms with van der Waals surface area (Å²) < 4.78 is 0. The molecular formula is C16H22N2. The zero-order valence-electron chi connectivity index (χ0n) is 11.6. The number of pyridine rings is 1. The Balaban J connectivity index is 1.83. The van der Waals surface area contributed by atoms with Crippen LogP contribution in [0.2, 0.25) is 0 Å². The van der Waals surface area contributed by atoms with Crippen molar-refractivity contribution >= 4 is 5.71 Å². The topological polar surface area (TPSA) is 25.2 Å². The van der Waals surface area contributed by atoms with E-state index < -0.39 is 0 Å². The molecule has 1 aromatic heterocycles. The maximum Gasteiger partial charge on any atom is 0.0811 e. The summed E-state index contributed by atoms with van der Waals surface area (Å²) in [7, 11) is 0. The summed E-state index contributed by atoms with van der Waals surface area (Å²) in [6, 6.07) is 6.05. The first-order chi connectivity index (χ1) is 8.54. The zero-order valence-corrected chi connectivity index (χ0v) is 11.6. The molecule has 1 heterocycles. The van der Waals surface area contributed by atoms with E-state index >= 15 is 0 Å². The highest BCUT2D eigenvalue weighted by Crippen LogP contribution is 2.63. The molecule has 2 aliphatic carbocycles. The molecule has 0 spiro atoms. The molecule has 0 aromatic carbocycles. The second-order valence-corrected chi connectivity index (χ2v) is 6.58. The average Bonchev–Trinajstić information content (AvgIpc) is 2.70. The molecule has 2 nitrogen and oxygen atoms in total. The third-order valence-electron chi connectivity index (χ3n) is 5.67. The van der Waals surface area contributed by atoms with E-state index in [4.69, 9.17) is 4.99 Å². The lowest BCUT2D eigenvalue weighted by Crippen LogP contribution is -2.32. The molecule has 0 radical (unpaired) electrons. The average molecular weight is 242 g/mol. The molecule has 3 rings (SSSR count). The first-order valence-electron chi connectivity index (χ1n) is 6.98. The SMILES string of the molecule is CC12CCC(CC1=NCc1ccccn1)C2(C)C. The molecule has 2 heteroatoms. The molecule has 2 atom stereocenters. The number of hydrogen-bond donors (Lipinski definition) is 0. The third kappa shape index (κ3) is 1.54. The summed E-state index contributed by atoms with van der Waals surface area (Å²) in [5.41, 5.74) is 3.27. The van der Waals surface area contributed by atoms with Crippen LogP contribution in [0.5, 0.6) is 0 Å². The normalized spacial score (nSPS) is 35.3. The number of nitrogens with zero attached hydrogens (tertiary/aromatic N) is 2. The fourth-order valence-corrected chi connectivity index (χ4v) is 3.84. The minimum Gasteiger partial charge on any atom is -0.287 e. The third-order valence-corrected chi connectivity index (χ3v) is 5.67. The summed E-state index contributed by atoms with van der Waals surface area (Å²) in [6.07, 6.45) is 5.75. The predicted octanol–water partition coefficient (Wildman–Crippen LogP) is 3.87. The molecule has 2 aliphatic rings. The number of rotatable bonds is 2. The summed E-state index contributed by atoms with van der Waals surface area (Å²) in [4.78, 5) is 9.25. The van der Waals surface area contributed by atoms with E-state index in [2.05, 4.69) is 31.8 Å². The highest BCUT2D eigenvalue weighted by molar-refractivity contribution is 5.94. The van der Waals surface area contributed by atoms with Gasteiger partial charge in [0.2, 0.25) is 0 Å². The van der Waals surface area contributed by atoms with E-state index in [0.29, 0.717) is 10.8 Å². The summed E-state index contributed by atoms with van der Waals surface area (Å²) in [6.45, 7) is 8.01. The van der Waals surface area contributed by atoms with Gasteiger partial charge in [-0.25, -0.2) is 0 Å². The molecular weight excluding hydrogens is 220 g/mol. The number of fused-ring (bicyclic) bond motifs is 2. The lowest BCUT2D eigenvalue weighted by atomic mass is 9.70. The van der Waals surface area contributed by atoms with Crippen molar-refractivity contribution in [2.45, 2.75) is 46.6 Å². The van der Waals surface area contributed by atoms with Crippen LogP contribution in [0.1, 0.15) is 45.7 Å². The molecule has 2 unspecified atom stereocenters. The van der Waals surface area contributed by atoms with Gasteiger partial charge in [-0.15, -0.1) is 0 Å². The van der Waals surface area contributed by atoms with Crippen LogP contribution in [0.4, 0.5) is 0 Å². The maximum atomic E-state index is 4.90. The Bertz CT molecular complexity index is 475. The second kappa shape index (κ2) is 3.91. The molecule has 18 heavy (non-hydrogen) atoms. The maximum absolute atomic E-state index is 4.90. The van der Waals surface area contributed by atoms with Crippen molar-refractivity contribution in [3.63, 3.8) is 0 Å². The van der Waals surface area contributed by atoms with Crippen LogP contribution in [0.25, 0.3) is 0 Å². The molecule has 0 aliphatic heterocycles. The van der Waals surface area contributed by atoms with Crippen molar-refractivity contribution in [1.82, 2.24) is 4.98 Å². The fraction of sp³-hybridized carbons (Fsp3) is 0.625. The first-order valence-corrected chi connectivity index (χ1v) is 6.98. The van der Waals surface area contributed by atoms with Crippen molar-refractivity contribution in [2.75, 3.05) is 0 Å². The molecule has 1 aromatic rings. The largest absolute Gasteiger partial charge is 0.287 e. The van der Waals surface area contributed by atoms with Crippen LogP contribution >= 0.6 is 0 Å². The van der Waals surface area contributed by atoms with E-state index in [1.165, 1.54) is 25.0 Å². The smallest absolute Gasteiger partial charge is 0.0811 e. The van der Waals surface area contributed by atoms with Crippen molar-refractivity contribution in [2.24, 2.45) is 21.7 Å². The van der Waals surface area contributed by atoms with Gasteiger partial charge in [0.25, 0.3) is 0 Å². The van der Waals surface area contributed by atoms with Gasteiger partial charge in [0.15, 0.2) is 0 Å². The first kappa shape index (κ1) is 11.9. The van der Waals surface area contributed by atoms with Gasteiger partial charge in [0.05, 0.1) is 12.2 Å². The van der Waals surface area contributed by atoms with E-state index in [1.807, 2.05) is 18.3 Å². The van der Waals surface area contributed by atoms with Gasteiger partial charge in [-0.1, -0.05) is 26.8 Å². The van der Waals surface area contributed by atoms with Crippen LogP contribution in [0, 0.1) is 16.7 Å². The Hall–Kier alpha value is -1.18. The zero-order chi connectivity index (χ0) is 12.8.